The molecule has 37 heavy (non-hydrogen) atoms. The number of carbonyl (C=O) groups is 2. The van der Waals surface area contributed by atoms with Crippen molar-refractivity contribution in [1.82, 2.24) is 19.8 Å². The summed E-state index contributed by atoms with van der Waals surface area (Å²) in [6.07, 6.45) is 2.29. The van der Waals surface area contributed by atoms with Gasteiger partial charge in [0, 0.05) is 53.7 Å². The fourth-order valence-electron chi connectivity index (χ4n) is 5.28. The van der Waals surface area contributed by atoms with Crippen LogP contribution in [-0.2, 0) is 16.0 Å². The Morgan fingerprint density at radius 1 is 1.11 bits per heavy atom. The Bertz CT molecular complexity index is 1280. The zero-order valence-corrected chi connectivity index (χ0v) is 23.3. The molecular weight excluding hydrogens is 464 g/mol. The van der Waals surface area contributed by atoms with E-state index < -0.39 is 11.7 Å². The minimum atomic E-state index is -0.581. The quantitative estimate of drug-likeness (QED) is 0.463. The Morgan fingerprint density at radius 2 is 1.76 bits per heavy atom. The molecule has 198 valence electrons. The van der Waals surface area contributed by atoms with Gasteiger partial charge in [0.25, 0.3) is 0 Å². The number of carbonyl (C=O) groups excluding carboxylic acids is 2. The predicted molar refractivity (Wildman–Crippen MR) is 148 cm³/mol. The first-order chi connectivity index (χ1) is 17.4. The molecular formula is C30H40N4O3. The van der Waals surface area contributed by atoms with Crippen LogP contribution in [-0.4, -0.2) is 64.1 Å². The summed E-state index contributed by atoms with van der Waals surface area (Å²) >= 11 is 0. The van der Waals surface area contributed by atoms with E-state index in [1.165, 1.54) is 32.7 Å². The lowest BCUT2D eigenvalue weighted by Crippen LogP contribution is -2.45. The third-order valence-corrected chi connectivity index (χ3v) is 7.05. The SMILES string of the molecule is CCc1c(-c2cc(C)nc(C)c2)[nH]c2ccc(C3CCN(C(=O)CN(C)C(=O)OC(C)(C)C)CC3)cc12. The summed E-state index contributed by atoms with van der Waals surface area (Å²) in [6.45, 7) is 13.2. The first kappa shape index (κ1) is 26.7. The lowest BCUT2D eigenvalue weighted by Gasteiger charge is -2.33. The maximum absolute atomic E-state index is 12.8. The van der Waals surface area contributed by atoms with Crippen LogP contribution in [0.4, 0.5) is 4.79 Å². The fourth-order valence-corrected chi connectivity index (χ4v) is 5.28. The highest BCUT2D eigenvalue weighted by molar-refractivity contribution is 5.91. The van der Waals surface area contributed by atoms with E-state index in [1.54, 1.807) is 7.05 Å². The van der Waals surface area contributed by atoms with Gasteiger partial charge in [0.15, 0.2) is 0 Å². The van der Waals surface area contributed by atoms with Crippen LogP contribution in [0, 0.1) is 13.8 Å². The van der Waals surface area contributed by atoms with Crippen LogP contribution in [0.3, 0.4) is 0 Å². The molecule has 1 saturated heterocycles. The highest BCUT2D eigenvalue weighted by atomic mass is 16.6. The van der Waals surface area contributed by atoms with Gasteiger partial charge in [0.2, 0.25) is 5.91 Å². The lowest BCUT2D eigenvalue weighted by molar-refractivity contribution is -0.133. The molecule has 2 aromatic heterocycles. The van der Waals surface area contributed by atoms with E-state index in [4.69, 9.17) is 4.74 Å². The largest absolute Gasteiger partial charge is 0.444 e. The molecule has 7 nitrogen and oxygen atoms in total. The molecule has 2 amide bonds. The lowest BCUT2D eigenvalue weighted by atomic mass is 9.88. The minimum Gasteiger partial charge on any atom is -0.444 e. The molecule has 1 aliphatic rings. The van der Waals surface area contributed by atoms with Crippen LogP contribution in [0.15, 0.2) is 30.3 Å². The first-order valence-corrected chi connectivity index (χ1v) is 13.3. The molecule has 0 atom stereocenters. The number of likely N-dealkylation sites (N-methyl/N-ethyl adjacent to an activating group) is 1. The van der Waals surface area contributed by atoms with Gasteiger partial charge >= 0.3 is 6.09 Å². The number of hydrogen-bond acceptors (Lipinski definition) is 4. The molecule has 1 aliphatic heterocycles. The number of nitrogens with one attached hydrogen (secondary N) is 1. The number of benzene rings is 1. The summed E-state index contributed by atoms with van der Waals surface area (Å²) in [4.78, 5) is 36.5. The van der Waals surface area contributed by atoms with Crippen LogP contribution in [0.5, 0.6) is 0 Å². The number of H-pyrrole nitrogens is 1. The highest BCUT2D eigenvalue weighted by Gasteiger charge is 2.27. The van der Waals surface area contributed by atoms with Crippen molar-refractivity contribution in [3.05, 3.63) is 52.8 Å². The van der Waals surface area contributed by atoms with E-state index in [1.807, 2.05) is 39.5 Å². The maximum atomic E-state index is 12.8. The topological polar surface area (TPSA) is 78.5 Å². The number of fused-ring (bicyclic) bond motifs is 1. The second-order valence-corrected chi connectivity index (χ2v) is 11.3. The van der Waals surface area contributed by atoms with E-state index in [0.29, 0.717) is 19.0 Å². The number of hydrogen-bond donors (Lipinski definition) is 1. The van der Waals surface area contributed by atoms with E-state index in [2.05, 4.69) is 47.2 Å². The molecule has 1 aromatic carbocycles. The van der Waals surface area contributed by atoms with Gasteiger partial charge < -0.3 is 19.5 Å². The van der Waals surface area contributed by atoms with Gasteiger partial charge in [-0.25, -0.2) is 4.79 Å². The molecule has 0 aliphatic carbocycles. The summed E-state index contributed by atoms with van der Waals surface area (Å²) < 4.78 is 5.37. The zero-order valence-electron chi connectivity index (χ0n) is 23.3. The van der Waals surface area contributed by atoms with Crippen molar-refractivity contribution in [2.24, 2.45) is 0 Å². The Labute approximate surface area is 220 Å². The number of nitrogens with zero attached hydrogens (tertiary/aromatic N) is 3. The summed E-state index contributed by atoms with van der Waals surface area (Å²) in [7, 11) is 1.61. The van der Waals surface area contributed by atoms with Crippen LogP contribution in [0.2, 0.25) is 0 Å². The number of aromatic nitrogens is 2. The molecule has 7 heteroatoms. The van der Waals surface area contributed by atoms with Crippen molar-refractivity contribution in [3.8, 4) is 11.3 Å². The molecule has 0 bridgehead atoms. The van der Waals surface area contributed by atoms with Gasteiger partial charge in [-0.15, -0.1) is 0 Å². The molecule has 1 N–H and O–H groups in total. The maximum Gasteiger partial charge on any atom is 0.410 e. The normalized spacial score (nSPS) is 14.7. The van der Waals surface area contributed by atoms with E-state index >= 15 is 0 Å². The standard InChI is InChI=1S/C30H40N4O3/c1-8-24-25-17-22(9-10-26(25)32-28(24)23-15-19(2)31-20(3)16-23)21-11-13-34(14-12-21)27(35)18-33(7)29(36)37-30(4,5)6/h9-10,15-17,21,32H,8,11-14,18H2,1-7H3. The number of amides is 2. The van der Waals surface area contributed by atoms with Gasteiger partial charge in [-0.3, -0.25) is 9.78 Å². The molecule has 4 rings (SSSR count). The van der Waals surface area contributed by atoms with Crippen LogP contribution in [0.1, 0.15) is 69.0 Å². The molecule has 3 heterocycles. The summed E-state index contributed by atoms with van der Waals surface area (Å²) in [5.41, 5.74) is 7.64. The zero-order chi connectivity index (χ0) is 26.9. The van der Waals surface area contributed by atoms with Gasteiger partial charge in [-0.2, -0.15) is 0 Å². The number of pyridine rings is 1. The van der Waals surface area contributed by atoms with E-state index in [9.17, 15) is 9.59 Å². The van der Waals surface area contributed by atoms with E-state index in [-0.39, 0.29) is 12.5 Å². The Morgan fingerprint density at radius 3 is 2.35 bits per heavy atom. The first-order valence-electron chi connectivity index (χ1n) is 13.3. The summed E-state index contributed by atoms with van der Waals surface area (Å²) in [6, 6.07) is 11.0. The second kappa shape index (κ2) is 10.6. The van der Waals surface area contributed by atoms with Gasteiger partial charge in [0.05, 0.1) is 0 Å². The summed E-state index contributed by atoms with van der Waals surface area (Å²) in [5, 5.41) is 1.28. The number of ether oxygens (including phenoxy) is 1. The average molecular weight is 505 g/mol. The fraction of sp³-hybridized carbons (Fsp3) is 0.500. The van der Waals surface area contributed by atoms with Crippen LogP contribution in [0.25, 0.3) is 22.2 Å². The Kier molecular flexibility index (Phi) is 7.62. The van der Waals surface area contributed by atoms with Crippen molar-refractivity contribution in [2.45, 2.75) is 72.3 Å². The highest BCUT2D eigenvalue weighted by Crippen LogP contribution is 2.35. The van der Waals surface area contributed by atoms with Gasteiger partial charge in [-0.1, -0.05) is 13.0 Å². The smallest absolute Gasteiger partial charge is 0.410 e. The van der Waals surface area contributed by atoms with Crippen molar-refractivity contribution >= 4 is 22.9 Å². The number of likely N-dealkylation sites (tertiary alicyclic amines) is 1. The molecule has 0 saturated carbocycles. The monoisotopic (exact) mass is 504 g/mol. The number of aromatic amines is 1. The summed E-state index contributed by atoms with van der Waals surface area (Å²) in [5.74, 6) is 0.374. The molecule has 3 aromatic rings. The van der Waals surface area contributed by atoms with Crippen molar-refractivity contribution in [1.29, 1.82) is 0 Å². The van der Waals surface area contributed by atoms with E-state index in [0.717, 1.165) is 36.2 Å². The number of aryl methyl sites for hydroxylation is 3. The van der Waals surface area contributed by atoms with Crippen molar-refractivity contribution in [3.63, 3.8) is 0 Å². The van der Waals surface area contributed by atoms with Crippen molar-refractivity contribution in [2.75, 3.05) is 26.7 Å². The average Bonchev–Trinajstić information content (AvgIpc) is 3.20. The number of rotatable bonds is 5. The Balaban J connectivity index is 1.45. The molecule has 0 radical (unpaired) electrons. The minimum absolute atomic E-state index is 0.0332. The molecule has 0 spiro atoms. The van der Waals surface area contributed by atoms with Gasteiger partial charge in [0.1, 0.15) is 12.1 Å². The molecule has 1 fully saturated rings. The number of piperidine rings is 1. The molecule has 0 unspecified atom stereocenters. The van der Waals surface area contributed by atoms with Crippen LogP contribution < -0.4 is 0 Å². The van der Waals surface area contributed by atoms with Crippen LogP contribution >= 0.6 is 0 Å². The third kappa shape index (κ3) is 6.14. The van der Waals surface area contributed by atoms with Crippen molar-refractivity contribution < 1.29 is 14.3 Å². The predicted octanol–water partition coefficient (Wildman–Crippen LogP) is 5.98. The Hall–Kier alpha value is -3.35. The third-order valence-electron chi connectivity index (χ3n) is 7.05. The van der Waals surface area contributed by atoms with Gasteiger partial charge in [-0.05, 0) is 95.2 Å². The second-order valence-electron chi connectivity index (χ2n) is 11.3.